The highest BCUT2D eigenvalue weighted by Crippen LogP contribution is 2.35. The Bertz CT molecular complexity index is 508. The van der Waals surface area contributed by atoms with Crippen molar-refractivity contribution < 1.29 is 4.74 Å². The van der Waals surface area contributed by atoms with E-state index in [1.165, 1.54) is 42.2 Å². The molecule has 2 saturated heterocycles. The van der Waals surface area contributed by atoms with E-state index in [-0.39, 0.29) is 0 Å². The molecule has 4 nitrogen and oxygen atoms in total. The van der Waals surface area contributed by atoms with E-state index >= 15 is 0 Å². The Balaban J connectivity index is 1.52. The third kappa shape index (κ3) is 5.02. The molecule has 3 rings (SSSR count). The van der Waals surface area contributed by atoms with Crippen molar-refractivity contribution in [2.45, 2.75) is 26.3 Å². The highest BCUT2D eigenvalue weighted by Gasteiger charge is 2.37. The zero-order valence-corrected chi connectivity index (χ0v) is 16.4. The number of aryl methyl sites for hydroxylation is 1. The molecule has 2 aliphatic rings. The fourth-order valence-electron chi connectivity index (χ4n) is 3.89. The van der Waals surface area contributed by atoms with Crippen molar-refractivity contribution in [2.75, 3.05) is 66.6 Å². The second-order valence-corrected chi connectivity index (χ2v) is 9.29. The molecule has 0 aromatic carbocycles. The standard InChI is InChI=1S/C19H33N3OS/c1-17-4-5-18(24-17)14-21-8-6-19(7-9-21)15-22(11-10-20(2)3)12-13-23-16-19/h4-5H,6-16H2,1-3H3. The van der Waals surface area contributed by atoms with E-state index in [4.69, 9.17) is 4.74 Å². The lowest BCUT2D eigenvalue weighted by Crippen LogP contribution is -2.47. The number of thiophene rings is 1. The highest BCUT2D eigenvalue weighted by molar-refractivity contribution is 7.11. The van der Waals surface area contributed by atoms with Gasteiger partial charge in [-0.2, -0.15) is 0 Å². The SMILES string of the molecule is Cc1ccc(CN2CCC3(CC2)COCCN(CCN(C)C)C3)s1. The summed E-state index contributed by atoms with van der Waals surface area (Å²) in [6, 6.07) is 4.54. The molecule has 0 bridgehead atoms. The summed E-state index contributed by atoms with van der Waals surface area (Å²) >= 11 is 1.94. The van der Waals surface area contributed by atoms with Gasteiger partial charge in [0.25, 0.3) is 0 Å². The number of nitrogens with zero attached hydrogens (tertiary/aromatic N) is 3. The van der Waals surface area contributed by atoms with E-state index < -0.39 is 0 Å². The topological polar surface area (TPSA) is 19.0 Å². The van der Waals surface area contributed by atoms with Gasteiger partial charge in [-0.15, -0.1) is 11.3 Å². The van der Waals surface area contributed by atoms with Crippen LogP contribution in [0.15, 0.2) is 12.1 Å². The zero-order chi connectivity index (χ0) is 17.0. The fraction of sp³-hybridized carbons (Fsp3) is 0.789. The quantitative estimate of drug-likeness (QED) is 0.811. The number of piperidine rings is 1. The Morgan fingerprint density at radius 3 is 2.62 bits per heavy atom. The predicted octanol–water partition coefficient (Wildman–Crippen LogP) is 2.53. The van der Waals surface area contributed by atoms with Crippen LogP contribution in [0.4, 0.5) is 0 Å². The van der Waals surface area contributed by atoms with Gasteiger partial charge in [-0.25, -0.2) is 0 Å². The number of likely N-dealkylation sites (N-methyl/N-ethyl adjacent to an activating group) is 1. The van der Waals surface area contributed by atoms with Crippen LogP contribution in [0, 0.1) is 12.3 Å². The second kappa shape index (κ2) is 8.28. The van der Waals surface area contributed by atoms with Gasteiger partial charge in [-0.1, -0.05) is 0 Å². The molecule has 0 aliphatic carbocycles. The summed E-state index contributed by atoms with van der Waals surface area (Å²) in [7, 11) is 4.32. The van der Waals surface area contributed by atoms with Crippen molar-refractivity contribution in [3.05, 3.63) is 21.9 Å². The summed E-state index contributed by atoms with van der Waals surface area (Å²) in [4.78, 5) is 10.5. The van der Waals surface area contributed by atoms with E-state index in [1.54, 1.807) is 0 Å². The third-order valence-corrected chi connectivity index (χ3v) is 6.46. The molecule has 0 atom stereocenters. The van der Waals surface area contributed by atoms with E-state index in [1.807, 2.05) is 11.3 Å². The Hall–Kier alpha value is -0.460. The van der Waals surface area contributed by atoms with Crippen LogP contribution in [0.25, 0.3) is 0 Å². The first-order valence-corrected chi connectivity index (χ1v) is 10.1. The van der Waals surface area contributed by atoms with E-state index in [2.05, 4.69) is 47.9 Å². The molecule has 1 aromatic heterocycles. The Morgan fingerprint density at radius 1 is 1.17 bits per heavy atom. The normalized spacial score (nSPS) is 23.0. The number of likely N-dealkylation sites (tertiary alicyclic amines) is 1. The molecule has 1 spiro atoms. The van der Waals surface area contributed by atoms with Gasteiger partial charge in [0.05, 0.1) is 13.2 Å². The summed E-state index contributed by atoms with van der Waals surface area (Å²) in [5, 5.41) is 0. The van der Waals surface area contributed by atoms with Gasteiger partial charge in [0.2, 0.25) is 0 Å². The first-order valence-electron chi connectivity index (χ1n) is 9.27. The molecule has 0 unspecified atom stereocenters. The van der Waals surface area contributed by atoms with Crippen molar-refractivity contribution in [3.63, 3.8) is 0 Å². The summed E-state index contributed by atoms with van der Waals surface area (Å²) in [6.45, 7) is 12.2. The van der Waals surface area contributed by atoms with Crippen LogP contribution in [0.3, 0.4) is 0 Å². The van der Waals surface area contributed by atoms with E-state index in [0.29, 0.717) is 5.41 Å². The summed E-state index contributed by atoms with van der Waals surface area (Å²) in [5.74, 6) is 0. The van der Waals surface area contributed by atoms with Crippen LogP contribution in [-0.4, -0.2) is 81.3 Å². The molecular formula is C19H33N3OS. The van der Waals surface area contributed by atoms with Crippen molar-refractivity contribution in [3.8, 4) is 0 Å². The maximum absolute atomic E-state index is 6.01. The van der Waals surface area contributed by atoms with Crippen LogP contribution in [0.1, 0.15) is 22.6 Å². The number of hydrogen-bond acceptors (Lipinski definition) is 5. The summed E-state index contributed by atoms with van der Waals surface area (Å²) in [5.41, 5.74) is 0.380. The van der Waals surface area contributed by atoms with Gasteiger partial charge in [-0.05, 0) is 59.1 Å². The van der Waals surface area contributed by atoms with Gasteiger partial charge >= 0.3 is 0 Å². The highest BCUT2D eigenvalue weighted by atomic mass is 32.1. The van der Waals surface area contributed by atoms with Crippen LogP contribution >= 0.6 is 11.3 Å². The molecule has 0 radical (unpaired) electrons. The Kier molecular flexibility index (Phi) is 6.33. The Morgan fingerprint density at radius 2 is 1.96 bits per heavy atom. The molecule has 136 valence electrons. The average molecular weight is 352 g/mol. The van der Waals surface area contributed by atoms with Crippen LogP contribution in [0.2, 0.25) is 0 Å². The molecule has 5 heteroatoms. The number of ether oxygens (including phenoxy) is 1. The van der Waals surface area contributed by atoms with Gasteiger partial charge in [-0.3, -0.25) is 9.80 Å². The molecule has 0 N–H and O–H groups in total. The minimum atomic E-state index is 0.380. The van der Waals surface area contributed by atoms with Gasteiger partial charge in [0.15, 0.2) is 0 Å². The molecule has 0 saturated carbocycles. The van der Waals surface area contributed by atoms with Crippen molar-refractivity contribution in [1.82, 2.24) is 14.7 Å². The first kappa shape index (κ1) is 18.3. The van der Waals surface area contributed by atoms with Crippen LogP contribution in [0.5, 0.6) is 0 Å². The van der Waals surface area contributed by atoms with Crippen molar-refractivity contribution >= 4 is 11.3 Å². The predicted molar refractivity (Wildman–Crippen MR) is 102 cm³/mol. The smallest absolute Gasteiger partial charge is 0.0593 e. The van der Waals surface area contributed by atoms with Gasteiger partial charge in [0, 0.05) is 47.9 Å². The van der Waals surface area contributed by atoms with Gasteiger partial charge in [0.1, 0.15) is 0 Å². The first-order chi connectivity index (χ1) is 11.5. The van der Waals surface area contributed by atoms with E-state index in [0.717, 1.165) is 39.4 Å². The molecule has 24 heavy (non-hydrogen) atoms. The number of hydrogen-bond donors (Lipinski definition) is 0. The molecule has 1 aromatic rings. The zero-order valence-electron chi connectivity index (χ0n) is 15.6. The minimum absolute atomic E-state index is 0.380. The van der Waals surface area contributed by atoms with Crippen LogP contribution in [-0.2, 0) is 11.3 Å². The number of rotatable bonds is 5. The molecule has 0 amide bonds. The van der Waals surface area contributed by atoms with Gasteiger partial charge < -0.3 is 9.64 Å². The largest absolute Gasteiger partial charge is 0.379 e. The van der Waals surface area contributed by atoms with Crippen molar-refractivity contribution in [2.24, 2.45) is 5.41 Å². The summed E-state index contributed by atoms with van der Waals surface area (Å²) < 4.78 is 6.01. The van der Waals surface area contributed by atoms with Crippen LogP contribution < -0.4 is 0 Å². The lowest BCUT2D eigenvalue weighted by atomic mass is 9.78. The fourth-order valence-corrected chi connectivity index (χ4v) is 4.82. The average Bonchev–Trinajstić information content (AvgIpc) is 2.85. The van der Waals surface area contributed by atoms with Crippen molar-refractivity contribution in [1.29, 1.82) is 0 Å². The maximum Gasteiger partial charge on any atom is 0.0593 e. The Labute approximate surface area is 151 Å². The molecule has 2 fully saturated rings. The lowest BCUT2D eigenvalue weighted by Gasteiger charge is -2.42. The second-order valence-electron chi connectivity index (χ2n) is 7.92. The minimum Gasteiger partial charge on any atom is -0.379 e. The third-order valence-electron chi connectivity index (χ3n) is 5.47. The monoisotopic (exact) mass is 351 g/mol. The maximum atomic E-state index is 6.01. The van der Waals surface area contributed by atoms with E-state index in [9.17, 15) is 0 Å². The summed E-state index contributed by atoms with van der Waals surface area (Å²) in [6.07, 6.45) is 2.55. The molecule has 2 aliphatic heterocycles. The lowest BCUT2D eigenvalue weighted by molar-refractivity contribution is 0.0129. The molecule has 3 heterocycles. The molecular weight excluding hydrogens is 318 g/mol.